The van der Waals surface area contributed by atoms with E-state index < -0.39 is 70.5 Å². The van der Waals surface area contributed by atoms with E-state index in [4.69, 9.17) is 28.0 Å². The average molecular weight is 764 g/mol. The SMILES string of the molecule is CCCCCCCCCCCCCC(=O)O[C@H](COC(=O)OC)COP(=O)([O-])OCC(COC(=O)CCNCC1CC1)OC(=O)CCNCC1CC1. The van der Waals surface area contributed by atoms with Gasteiger partial charge in [-0.15, -0.1) is 0 Å². The molecule has 0 aromatic rings. The van der Waals surface area contributed by atoms with Crippen LogP contribution in [0.2, 0.25) is 0 Å². The minimum atomic E-state index is -5.06. The van der Waals surface area contributed by atoms with Crippen LogP contribution in [0.4, 0.5) is 4.79 Å². The van der Waals surface area contributed by atoms with Crippen molar-refractivity contribution >= 4 is 31.9 Å². The van der Waals surface area contributed by atoms with E-state index in [1.54, 1.807) is 0 Å². The number of carbonyl (C=O) groups excluding carboxylic acids is 4. The third-order valence-electron chi connectivity index (χ3n) is 8.67. The van der Waals surface area contributed by atoms with Crippen molar-refractivity contribution in [2.24, 2.45) is 11.8 Å². The number of hydrogen-bond donors (Lipinski definition) is 2. The lowest BCUT2D eigenvalue weighted by molar-refractivity contribution is -0.231. The van der Waals surface area contributed by atoms with E-state index in [0.29, 0.717) is 31.3 Å². The summed E-state index contributed by atoms with van der Waals surface area (Å²) >= 11 is 0. The molecule has 16 heteroatoms. The topological polar surface area (TPSA) is 197 Å². The molecule has 2 rings (SSSR count). The molecule has 15 nitrogen and oxygen atoms in total. The largest absolute Gasteiger partial charge is 0.756 e. The smallest absolute Gasteiger partial charge is 0.508 e. The molecule has 2 saturated carbocycles. The molecule has 302 valence electrons. The zero-order chi connectivity index (χ0) is 37.9. The molecule has 2 aliphatic rings. The Kier molecular flexibility index (Phi) is 24.9. The number of phosphoric acid groups is 1. The van der Waals surface area contributed by atoms with Crippen molar-refractivity contribution < 1.29 is 61.4 Å². The molecule has 2 aliphatic carbocycles. The second kappa shape index (κ2) is 28.2. The predicted molar refractivity (Wildman–Crippen MR) is 190 cm³/mol. The van der Waals surface area contributed by atoms with Gasteiger partial charge in [-0.25, -0.2) is 4.79 Å². The summed E-state index contributed by atoms with van der Waals surface area (Å²) < 4.78 is 47.9. The van der Waals surface area contributed by atoms with Crippen LogP contribution in [0.25, 0.3) is 0 Å². The number of methoxy groups -OCH3 is 1. The van der Waals surface area contributed by atoms with Gasteiger partial charge in [0.1, 0.15) is 13.2 Å². The highest BCUT2D eigenvalue weighted by atomic mass is 31.2. The Balaban J connectivity index is 1.77. The minimum Gasteiger partial charge on any atom is -0.756 e. The van der Waals surface area contributed by atoms with Gasteiger partial charge in [0.15, 0.2) is 12.2 Å². The molecule has 0 aromatic heterocycles. The Bertz CT molecular complexity index is 1060. The summed E-state index contributed by atoms with van der Waals surface area (Å²) in [6.07, 6.45) is 13.7. The van der Waals surface area contributed by atoms with Crippen LogP contribution in [-0.2, 0) is 51.7 Å². The Morgan fingerprint density at radius 3 is 1.56 bits per heavy atom. The first-order valence-corrected chi connectivity index (χ1v) is 20.8. The van der Waals surface area contributed by atoms with Gasteiger partial charge in [-0.2, -0.15) is 0 Å². The third-order valence-corrected chi connectivity index (χ3v) is 9.60. The molecule has 0 aliphatic heterocycles. The minimum absolute atomic E-state index is 0.0280. The van der Waals surface area contributed by atoms with E-state index in [1.165, 1.54) is 57.8 Å². The molecule has 2 N–H and O–H groups in total. The van der Waals surface area contributed by atoms with E-state index in [9.17, 15) is 28.6 Å². The summed E-state index contributed by atoms with van der Waals surface area (Å²) in [4.78, 5) is 61.5. The molecule has 2 fully saturated rings. The fourth-order valence-corrected chi connectivity index (χ4v) is 5.93. The van der Waals surface area contributed by atoms with Gasteiger partial charge in [-0.1, -0.05) is 71.1 Å². The number of unbranched alkanes of at least 4 members (excludes halogenated alkanes) is 10. The highest BCUT2D eigenvalue weighted by molar-refractivity contribution is 7.45. The Labute approximate surface area is 309 Å². The maximum absolute atomic E-state index is 12.7. The van der Waals surface area contributed by atoms with E-state index >= 15 is 0 Å². The van der Waals surface area contributed by atoms with Crippen molar-refractivity contribution in [2.45, 2.75) is 135 Å². The fraction of sp³-hybridized carbons (Fsp3) is 0.889. The van der Waals surface area contributed by atoms with Crippen molar-refractivity contribution in [1.82, 2.24) is 10.6 Å². The molecule has 0 heterocycles. The summed E-state index contributed by atoms with van der Waals surface area (Å²) in [5.74, 6) is -0.470. The first-order chi connectivity index (χ1) is 25.1. The lowest BCUT2D eigenvalue weighted by Gasteiger charge is -2.27. The van der Waals surface area contributed by atoms with Gasteiger partial charge in [0.2, 0.25) is 0 Å². The second-order valence-corrected chi connectivity index (χ2v) is 15.2. The number of nitrogens with one attached hydrogen (secondary N) is 2. The van der Waals surface area contributed by atoms with E-state index in [-0.39, 0.29) is 19.3 Å². The predicted octanol–water partition coefficient (Wildman–Crippen LogP) is 5.12. The molecule has 0 radical (unpaired) electrons. The number of phosphoric ester groups is 1. The molecule has 0 spiro atoms. The maximum Gasteiger partial charge on any atom is 0.508 e. The molecule has 0 bridgehead atoms. The van der Waals surface area contributed by atoms with Gasteiger partial charge >= 0.3 is 24.1 Å². The lowest BCUT2D eigenvalue weighted by atomic mass is 10.1. The number of carbonyl (C=O) groups is 4. The zero-order valence-corrected chi connectivity index (χ0v) is 32.3. The van der Waals surface area contributed by atoms with E-state index in [1.807, 2.05) is 0 Å². The van der Waals surface area contributed by atoms with Gasteiger partial charge in [0.05, 0.1) is 33.2 Å². The summed E-state index contributed by atoms with van der Waals surface area (Å²) in [6, 6.07) is 0. The van der Waals surface area contributed by atoms with Gasteiger partial charge < -0.3 is 48.3 Å². The normalized spacial score (nSPS) is 16.4. The van der Waals surface area contributed by atoms with Crippen molar-refractivity contribution in [3.63, 3.8) is 0 Å². The second-order valence-electron chi connectivity index (χ2n) is 13.8. The van der Waals surface area contributed by atoms with Crippen LogP contribution >= 0.6 is 7.82 Å². The monoisotopic (exact) mass is 763 g/mol. The van der Waals surface area contributed by atoms with Crippen LogP contribution in [0, 0.1) is 11.8 Å². The average Bonchev–Trinajstić information content (AvgIpc) is 4.06. The van der Waals surface area contributed by atoms with Crippen LogP contribution in [0.15, 0.2) is 0 Å². The van der Waals surface area contributed by atoms with Crippen LogP contribution in [0.5, 0.6) is 0 Å². The quantitative estimate of drug-likeness (QED) is 0.0379. The first kappa shape index (κ1) is 45.9. The summed E-state index contributed by atoms with van der Waals surface area (Å²) in [5.41, 5.74) is 0. The summed E-state index contributed by atoms with van der Waals surface area (Å²) in [5, 5.41) is 6.36. The van der Waals surface area contributed by atoms with Gasteiger partial charge in [-0.3, -0.25) is 18.9 Å². The van der Waals surface area contributed by atoms with E-state index in [2.05, 4.69) is 22.3 Å². The Hall–Kier alpha value is -2.29. The van der Waals surface area contributed by atoms with Gasteiger partial charge in [-0.05, 0) is 57.0 Å². The Morgan fingerprint density at radius 2 is 1.08 bits per heavy atom. The number of hydrogen-bond acceptors (Lipinski definition) is 15. The molecule has 52 heavy (non-hydrogen) atoms. The first-order valence-electron chi connectivity index (χ1n) is 19.4. The molecule has 0 aromatic carbocycles. The van der Waals surface area contributed by atoms with Crippen molar-refractivity contribution in [1.29, 1.82) is 0 Å². The molecule has 2 unspecified atom stereocenters. The van der Waals surface area contributed by atoms with Crippen LogP contribution in [-0.4, -0.2) is 96.0 Å². The van der Waals surface area contributed by atoms with Gasteiger partial charge in [0, 0.05) is 19.5 Å². The molecule has 0 saturated heterocycles. The van der Waals surface area contributed by atoms with Crippen molar-refractivity contribution in [2.75, 3.05) is 59.7 Å². The Morgan fingerprint density at radius 1 is 0.635 bits per heavy atom. The summed E-state index contributed by atoms with van der Waals surface area (Å²) in [7, 11) is -3.96. The summed E-state index contributed by atoms with van der Waals surface area (Å²) in [6.45, 7) is 2.33. The molecular formula is C36H64N2O13P-. The van der Waals surface area contributed by atoms with Crippen LogP contribution in [0.1, 0.15) is 122 Å². The molecule has 0 amide bonds. The van der Waals surface area contributed by atoms with Crippen molar-refractivity contribution in [3.05, 3.63) is 0 Å². The van der Waals surface area contributed by atoms with Gasteiger partial charge in [0.25, 0.3) is 7.82 Å². The highest BCUT2D eigenvalue weighted by Crippen LogP contribution is 2.39. The number of esters is 3. The third kappa shape index (κ3) is 26.5. The number of ether oxygens (including phenoxy) is 5. The number of rotatable bonds is 34. The van der Waals surface area contributed by atoms with Crippen LogP contribution < -0.4 is 15.5 Å². The zero-order valence-electron chi connectivity index (χ0n) is 31.4. The lowest BCUT2D eigenvalue weighted by Crippen LogP contribution is -2.33. The maximum atomic E-state index is 12.7. The standard InChI is InChI=1S/C36H65N2O13P/c1-3-4-5-6-7-8-9-10-11-12-13-14-34(40)50-32(26-47-36(42)45-2)28-49-52(43,44)48-27-31(51-35(41)20-22-38-24-30-17-18-30)25-46-33(39)19-21-37-23-29-15-16-29/h29-32,37-38H,3-28H2,1-2H3,(H,43,44)/p-1/t31?,32-/m1/s1. The highest BCUT2D eigenvalue weighted by Gasteiger charge is 2.25. The van der Waals surface area contributed by atoms with E-state index in [0.717, 1.165) is 52.3 Å². The molecular weight excluding hydrogens is 699 g/mol. The fourth-order valence-electron chi connectivity index (χ4n) is 5.16. The molecule has 3 atom stereocenters. The van der Waals surface area contributed by atoms with Crippen LogP contribution in [0.3, 0.4) is 0 Å². The van der Waals surface area contributed by atoms with Crippen molar-refractivity contribution in [3.8, 4) is 0 Å².